The maximum Gasteiger partial charge on any atom is 0.260 e. The van der Waals surface area contributed by atoms with Crippen LogP contribution in [0.15, 0.2) is 30.3 Å². The fraction of sp³-hybridized carbons (Fsp3) is 0.231. The molecule has 0 radical (unpaired) electrons. The van der Waals surface area contributed by atoms with Crippen molar-refractivity contribution in [3.8, 4) is 0 Å². The number of nitrogens with zero attached hydrogens (tertiary/aromatic N) is 2. The first-order valence-corrected chi connectivity index (χ1v) is 6.17. The number of rotatable bonds is 2. The summed E-state index contributed by atoms with van der Waals surface area (Å²) < 4.78 is 0. The smallest absolute Gasteiger partial charge is 0.260 e. The monoisotopic (exact) mass is 261 g/mol. The van der Waals surface area contributed by atoms with E-state index < -0.39 is 5.38 Å². The van der Waals surface area contributed by atoms with Crippen LogP contribution in [0.4, 0.5) is 5.82 Å². The first-order chi connectivity index (χ1) is 8.65. The number of pyridine rings is 1. The Hall–Kier alpha value is -1.81. The quantitative estimate of drug-likeness (QED) is 0.667. The second kappa shape index (κ2) is 4.14. The number of fused-ring (bicyclic) bond motifs is 1. The van der Waals surface area contributed by atoms with Crippen LogP contribution in [0.2, 0.25) is 0 Å². The van der Waals surface area contributed by atoms with Crippen LogP contribution >= 0.6 is 11.6 Å². The molecular formula is C13H12ClN3O. The molecule has 18 heavy (non-hydrogen) atoms. The molecule has 0 aliphatic carbocycles. The van der Waals surface area contributed by atoms with E-state index in [0.717, 1.165) is 16.5 Å². The fourth-order valence-corrected chi connectivity index (χ4v) is 2.29. The van der Waals surface area contributed by atoms with Crippen molar-refractivity contribution in [1.82, 2.24) is 9.99 Å². The lowest BCUT2D eigenvalue weighted by Crippen LogP contribution is -2.56. The molecule has 1 aromatic carbocycles. The zero-order valence-electron chi connectivity index (χ0n) is 9.85. The van der Waals surface area contributed by atoms with E-state index in [9.17, 15) is 4.79 Å². The Balaban J connectivity index is 1.91. The van der Waals surface area contributed by atoms with Crippen molar-refractivity contribution in [3.05, 3.63) is 35.9 Å². The van der Waals surface area contributed by atoms with Gasteiger partial charge in [0, 0.05) is 5.39 Å². The van der Waals surface area contributed by atoms with Crippen LogP contribution in [-0.2, 0) is 4.79 Å². The molecule has 1 aliphatic heterocycles. The van der Waals surface area contributed by atoms with Gasteiger partial charge in [0.2, 0.25) is 0 Å². The minimum absolute atomic E-state index is 0.107. The van der Waals surface area contributed by atoms with Crippen LogP contribution < -0.4 is 5.43 Å². The first-order valence-electron chi connectivity index (χ1n) is 5.73. The minimum atomic E-state index is -0.404. The molecule has 1 N–H and O–H groups in total. The van der Waals surface area contributed by atoms with Crippen molar-refractivity contribution in [2.45, 2.75) is 12.3 Å². The lowest BCUT2D eigenvalue weighted by molar-refractivity contribution is -0.137. The predicted octanol–water partition coefficient (Wildman–Crippen LogP) is 2.32. The molecule has 3 rings (SSSR count). The summed E-state index contributed by atoms with van der Waals surface area (Å²) in [5, 5.41) is 2.20. The number of alkyl halides is 1. The number of halogens is 1. The number of aryl methyl sites for hydroxylation is 1. The highest BCUT2D eigenvalue weighted by atomic mass is 35.5. The van der Waals surface area contributed by atoms with Gasteiger partial charge in [0.25, 0.3) is 5.91 Å². The summed E-state index contributed by atoms with van der Waals surface area (Å²) in [4.78, 5) is 15.9. The number of hydrogen-bond donors (Lipinski definition) is 1. The van der Waals surface area contributed by atoms with Gasteiger partial charge in [-0.15, -0.1) is 11.6 Å². The Kier molecular flexibility index (Phi) is 2.59. The molecular weight excluding hydrogens is 250 g/mol. The lowest BCUT2D eigenvalue weighted by Gasteiger charge is -2.35. The van der Waals surface area contributed by atoms with Crippen molar-refractivity contribution in [1.29, 1.82) is 0 Å². The van der Waals surface area contributed by atoms with E-state index in [-0.39, 0.29) is 5.91 Å². The van der Waals surface area contributed by atoms with Crippen molar-refractivity contribution in [2.24, 2.45) is 0 Å². The molecule has 0 bridgehead atoms. The number of nitrogens with one attached hydrogen (secondary N) is 1. The molecule has 1 aliphatic rings. The third kappa shape index (κ3) is 1.78. The molecule has 2 aromatic rings. The average molecular weight is 262 g/mol. The maximum absolute atomic E-state index is 11.4. The van der Waals surface area contributed by atoms with E-state index in [1.807, 2.05) is 37.3 Å². The molecule has 1 aromatic heterocycles. The number of benzene rings is 1. The molecule has 0 saturated carbocycles. The van der Waals surface area contributed by atoms with Gasteiger partial charge in [-0.2, -0.15) is 0 Å². The van der Waals surface area contributed by atoms with E-state index in [4.69, 9.17) is 11.6 Å². The summed E-state index contributed by atoms with van der Waals surface area (Å²) in [6, 6.07) is 9.85. The van der Waals surface area contributed by atoms with E-state index >= 15 is 0 Å². The number of hydrazine groups is 1. The number of anilines is 1. The van der Waals surface area contributed by atoms with Gasteiger partial charge in [0.05, 0.1) is 12.1 Å². The molecule has 1 saturated heterocycles. The van der Waals surface area contributed by atoms with Gasteiger partial charge in [-0.25, -0.2) is 4.98 Å². The largest absolute Gasteiger partial charge is 0.279 e. The number of carbonyl (C=O) groups is 1. The molecule has 4 nitrogen and oxygen atoms in total. The van der Waals surface area contributed by atoms with E-state index in [0.29, 0.717) is 12.4 Å². The van der Waals surface area contributed by atoms with Crippen molar-refractivity contribution >= 4 is 34.2 Å². The van der Waals surface area contributed by atoms with Gasteiger partial charge in [-0.3, -0.25) is 15.2 Å². The number of amides is 1. The van der Waals surface area contributed by atoms with Gasteiger partial charge in [0.1, 0.15) is 11.2 Å². The number of aromatic nitrogens is 1. The summed E-state index contributed by atoms with van der Waals surface area (Å²) in [6.45, 7) is 2.53. The Morgan fingerprint density at radius 3 is 2.94 bits per heavy atom. The number of carbonyl (C=O) groups excluding carboxylic acids is 1. The maximum atomic E-state index is 11.4. The van der Waals surface area contributed by atoms with Gasteiger partial charge < -0.3 is 0 Å². The van der Waals surface area contributed by atoms with Gasteiger partial charge in [0.15, 0.2) is 0 Å². The van der Waals surface area contributed by atoms with Crippen molar-refractivity contribution < 1.29 is 4.79 Å². The Labute approximate surface area is 110 Å². The molecule has 0 unspecified atom stereocenters. The predicted molar refractivity (Wildman–Crippen MR) is 71.5 cm³/mol. The molecule has 1 amide bonds. The van der Waals surface area contributed by atoms with Gasteiger partial charge >= 0.3 is 0 Å². The highest BCUT2D eigenvalue weighted by Gasteiger charge is 2.35. The summed E-state index contributed by atoms with van der Waals surface area (Å²) in [5.41, 5.74) is 5.02. The highest BCUT2D eigenvalue weighted by Crippen LogP contribution is 2.22. The summed E-state index contributed by atoms with van der Waals surface area (Å²) >= 11 is 5.74. The van der Waals surface area contributed by atoms with Crippen molar-refractivity contribution in [3.63, 3.8) is 0 Å². The minimum Gasteiger partial charge on any atom is -0.279 e. The second-order valence-electron chi connectivity index (χ2n) is 4.37. The topological polar surface area (TPSA) is 45.2 Å². The normalized spacial score (nSPS) is 18.9. The Bertz CT molecular complexity index is 629. The van der Waals surface area contributed by atoms with Crippen molar-refractivity contribution in [2.75, 3.05) is 12.0 Å². The molecule has 2 heterocycles. The van der Waals surface area contributed by atoms with Crippen LogP contribution in [0, 0.1) is 6.92 Å². The van der Waals surface area contributed by atoms with E-state index in [1.54, 1.807) is 0 Å². The van der Waals surface area contributed by atoms with Crippen LogP contribution in [-0.4, -0.2) is 27.8 Å². The lowest BCUT2D eigenvalue weighted by atomic mass is 10.1. The molecule has 1 fully saturated rings. The molecule has 1 atom stereocenters. The first kappa shape index (κ1) is 11.3. The van der Waals surface area contributed by atoms with E-state index in [1.165, 1.54) is 5.01 Å². The number of para-hydroxylation sites is 1. The SMILES string of the molecule is Cc1cc(NN2C[C@@H](Cl)C2=O)nc2ccccc12. The Morgan fingerprint density at radius 2 is 2.22 bits per heavy atom. The second-order valence-corrected chi connectivity index (χ2v) is 4.90. The average Bonchev–Trinajstić information content (AvgIpc) is 2.38. The van der Waals surface area contributed by atoms with Gasteiger partial charge in [-0.05, 0) is 24.6 Å². The van der Waals surface area contributed by atoms with E-state index in [2.05, 4.69) is 10.4 Å². The molecule has 92 valence electrons. The highest BCUT2D eigenvalue weighted by molar-refractivity contribution is 6.33. The Morgan fingerprint density at radius 1 is 1.44 bits per heavy atom. The van der Waals surface area contributed by atoms with Crippen LogP contribution in [0.3, 0.4) is 0 Å². The number of hydrogen-bond acceptors (Lipinski definition) is 3. The third-order valence-electron chi connectivity index (χ3n) is 3.05. The fourth-order valence-electron chi connectivity index (χ4n) is 2.03. The summed E-state index contributed by atoms with van der Waals surface area (Å²) in [7, 11) is 0. The van der Waals surface area contributed by atoms with Crippen LogP contribution in [0.5, 0.6) is 0 Å². The summed E-state index contributed by atoms with van der Waals surface area (Å²) in [5.74, 6) is 0.562. The molecule has 0 spiro atoms. The zero-order chi connectivity index (χ0) is 12.7. The van der Waals surface area contributed by atoms with Gasteiger partial charge in [-0.1, -0.05) is 18.2 Å². The third-order valence-corrected chi connectivity index (χ3v) is 3.37. The number of β-lactam (4-membered cyclic amide) rings is 1. The van der Waals surface area contributed by atoms with Crippen LogP contribution in [0.25, 0.3) is 10.9 Å². The summed E-state index contributed by atoms with van der Waals surface area (Å²) in [6.07, 6.45) is 0. The standard InChI is InChI=1S/C13H12ClN3O/c1-8-6-12(16-17-7-10(14)13(17)18)15-11-5-3-2-4-9(8)11/h2-6,10H,7H2,1H3,(H,15,16)/t10-/m1/s1. The molecule has 5 heteroatoms. The zero-order valence-corrected chi connectivity index (χ0v) is 10.6. The van der Waals surface area contributed by atoms with Crippen LogP contribution in [0.1, 0.15) is 5.56 Å².